The van der Waals surface area contributed by atoms with E-state index < -0.39 is 18.3 Å². The normalized spacial score (nSPS) is 35.4. The van der Waals surface area contributed by atoms with Gasteiger partial charge in [0.1, 0.15) is 5.01 Å². The van der Waals surface area contributed by atoms with Crippen LogP contribution in [0.3, 0.4) is 0 Å². The van der Waals surface area contributed by atoms with Gasteiger partial charge in [-0.05, 0) is 98.5 Å². The predicted octanol–water partition coefficient (Wildman–Crippen LogP) is 7.60. The summed E-state index contributed by atoms with van der Waals surface area (Å²) in [6, 6.07) is 0. The number of aryl methyl sites for hydroxylation is 1. The Balaban J connectivity index is 1.24. The van der Waals surface area contributed by atoms with Crippen molar-refractivity contribution in [3.63, 3.8) is 0 Å². The van der Waals surface area contributed by atoms with Crippen LogP contribution < -0.4 is 0 Å². The number of hydrogen-bond acceptors (Lipinski definition) is 5. The van der Waals surface area contributed by atoms with E-state index in [1.165, 1.54) is 55.4 Å². The number of aliphatic hydroxyl groups is 3. The Morgan fingerprint density at radius 2 is 1.95 bits per heavy atom. The lowest BCUT2D eigenvalue weighted by molar-refractivity contribution is 0.0862. The van der Waals surface area contributed by atoms with E-state index >= 15 is 0 Å². The predicted molar refractivity (Wildman–Crippen MR) is 165 cm³/mol. The number of nitrogens with zero attached hydrogens (tertiary/aromatic N) is 1. The van der Waals surface area contributed by atoms with Crippen molar-refractivity contribution in [2.45, 2.75) is 128 Å². The number of hydrogen-bond donors (Lipinski definition) is 3. The number of thiazole rings is 1. The number of allylic oxidation sites excluding steroid dienone is 4. The average molecular weight is 566 g/mol. The van der Waals surface area contributed by atoms with E-state index in [0.29, 0.717) is 30.6 Å². The summed E-state index contributed by atoms with van der Waals surface area (Å²) in [6.07, 6.45) is 23.2. The molecule has 220 valence electrons. The SMILES string of the molecule is C=C1C(=CC=C2CCC[C@]3(C)[C@@H]([C@@H](C)/C=C/[C@@H](O)C4(c5ncc(CCCCC)s5)CC4)CC[C@@H]23)C[C@@H](O)C[C@@H]1O. The largest absolute Gasteiger partial charge is 0.393 e. The molecule has 1 aromatic rings. The van der Waals surface area contributed by atoms with Crippen molar-refractivity contribution in [1.29, 1.82) is 0 Å². The van der Waals surface area contributed by atoms with E-state index in [9.17, 15) is 15.3 Å². The Bertz CT molecular complexity index is 1140. The fourth-order valence-electron chi connectivity index (χ4n) is 8.18. The molecule has 1 heterocycles. The van der Waals surface area contributed by atoms with Gasteiger partial charge in [-0.25, -0.2) is 4.98 Å². The molecule has 0 aliphatic heterocycles. The highest BCUT2D eigenvalue weighted by Crippen LogP contribution is 2.60. The minimum atomic E-state index is -0.637. The molecule has 3 N–H and O–H groups in total. The molecule has 0 aromatic carbocycles. The first-order valence-electron chi connectivity index (χ1n) is 15.9. The third-order valence-electron chi connectivity index (χ3n) is 10.9. The van der Waals surface area contributed by atoms with Gasteiger partial charge in [-0.2, -0.15) is 0 Å². The van der Waals surface area contributed by atoms with Crippen molar-refractivity contribution < 1.29 is 15.3 Å². The monoisotopic (exact) mass is 565 g/mol. The average Bonchev–Trinajstić information content (AvgIpc) is 3.46. The molecule has 0 unspecified atom stereocenters. The van der Waals surface area contributed by atoms with E-state index in [2.05, 4.69) is 51.7 Å². The smallest absolute Gasteiger partial charge is 0.102 e. The van der Waals surface area contributed by atoms with Crippen LogP contribution in [0.2, 0.25) is 0 Å². The first kappa shape index (κ1) is 29.9. The van der Waals surface area contributed by atoms with Gasteiger partial charge in [0.25, 0.3) is 0 Å². The maximum Gasteiger partial charge on any atom is 0.102 e. The molecule has 5 rings (SSSR count). The van der Waals surface area contributed by atoms with E-state index in [0.717, 1.165) is 41.8 Å². The van der Waals surface area contributed by atoms with Gasteiger partial charge >= 0.3 is 0 Å². The van der Waals surface area contributed by atoms with Crippen LogP contribution in [0.15, 0.2) is 53.8 Å². The van der Waals surface area contributed by atoms with Crippen molar-refractivity contribution in [2.75, 3.05) is 0 Å². The Hall–Kier alpha value is -1.53. The lowest BCUT2D eigenvalue weighted by atomic mass is 9.61. The van der Waals surface area contributed by atoms with Crippen LogP contribution >= 0.6 is 11.3 Å². The molecule has 4 fully saturated rings. The lowest BCUT2D eigenvalue weighted by Crippen LogP contribution is -2.35. The van der Waals surface area contributed by atoms with Crippen LogP contribution in [0.25, 0.3) is 0 Å². The minimum Gasteiger partial charge on any atom is -0.393 e. The molecule has 40 heavy (non-hydrogen) atoms. The van der Waals surface area contributed by atoms with Crippen molar-refractivity contribution >= 4 is 11.3 Å². The highest BCUT2D eigenvalue weighted by atomic mass is 32.1. The number of rotatable bonds is 10. The fraction of sp³-hybridized carbons (Fsp3) is 0.686. The highest BCUT2D eigenvalue weighted by Gasteiger charge is 2.53. The molecule has 7 atom stereocenters. The maximum atomic E-state index is 11.3. The molecule has 0 spiro atoms. The summed E-state index contributed by atoms with van der Waals surface area (Å²) < 4.78 is 0. The number of fused-ring (bicyclic) bond motifs is 1. The third kappa shape index (κ3) is 6.00. The van der Waals surface area contributed by atoms with Crippen molar-refractivity contribution in [3.05, 3.63) is 63.7 Å². The quantitative estimate of drug-likeness (QED) is 0.202. The number of aliphatic hydroxyl groups excluding tert-OH is 3. The van der Waals surface area contributed by atoms with Gasteiger partial charge in [-0.1, -0.05) is 70.1 Å². The van der Waals surface area contributed by atoms with Crippen LogP contribution in [0, 0.1) is 23.2 Å². The summed E-state index contributed by atoms with van der Waals surface area (Å²) in [4.78, 5) is 6.13. The van der Waals surface area contributed by atoms with Crippen molar-refractivity contribution in [3.8, 4) is 0 Å². The van der Waals surface area contributed by atoms with Crippen LogP contribution in [0.4, 0.5) is 0 Å². The molecular weight excluding hydrogens is 514 g/mol. The summed E-state index contributed by atoms with van der Waals surface area (Å²) >= 11 is 1.82. The van der Waals surface area contributed by atoms with Gasteiger partial charge in [0.2, 0.25) is 0 Å². The van der Waals surface area contributed by atoms with Gasteiger partial charge in [-0.15, -0.1) is 11.3 Å². The molecule has 4 aliphatic carbocycles. The second-order valence-corrected chi connectivity index (χ2v) is 14.7. The standard InChI is InChI=1S/C35H51NO3S/c1-5-6-7-10-28-22-36-33(40-28)35(18-19-35)32(39)16-11-23(2)29-14-15-30-25(9-8-17-34(29,30)4)12-13-26-20-27(37)21-31(38)24(26)3/h11-13,16,22-23,27,29-32,37-39H,3,5-10,14-15,17-21H2,1-2,4H3/b16-11+,25-12?,26-13?/t23-,27+,29+,30-,31-,32+,34+/m0/s1. The van der Waals surface area contributed by atoms with Gasteiger partial charge in [0.05, 0.1) is 23.7 Å². The molecule has 1 aromatic heterocycles. The second kappa shape index (κ2) is 12.4. The lowest BCUT2D eigenvalue weighted by Gasteiger charge is -2.44. The summed E-state index contributed by atoms with van der Waals surface area (Å²) in [7, 11) is 0. The molecular formula is C35H51NO3S. The molecule has 4 saturated carbocycles. The first-order chi connectivity index (χ1) is 19.2. The Morgan fingerprint density at radius 3 is 2.70 bits per heavy atom. The third-order valence-corrected chi connectivity index (χ3v) is 12.2. The Labute approximate surface area is 246 Å². The van der Waals surface area contributed by atoms with E-state index in [1.807, 2.05) is 17.5 Å². The second-order valence-electron chi connectivity index (χ2n) is 13.6. The number of aromatic nitrogens is 1. The zero-order chi connectivity index (χ0) is 28.5. The zero-order valence-corrected chi connectivity index (χ0v) is 25.8. The number of unbranched alkanes of at least 4 members (excludes halogenated alkanes) is 2. The molecule has 0 saturated heterocycles. The van der Waals surface area contributed by atoms with Gasteiger partial charge in [0.15, 0.2) is 0 Å². The topological polar surface area (TPSA) is 73.6 Å². The first-order valence-corrected chi connectivity index (χ1v) is 16.8. The Kier molecular flexibility index (Phi) is 9.26. The summed E-state index contributed by atoms with van der Waals surface area (Å²) in [5.74, 6) is 1.60. The van der Waals surface area contributed by atoms with Crippen LogP contribution in [0.5, 0.6) is 0 Å². The van der Waals surface area contributed by atoms with Crippen LogP contribution in [-0.2, 0) is 11.8 Å². The zero-order valence-electron chi connectivity index (χ0n) is 24.9. The molecule has 4 aliphatic rings. The fourth-order valence-corrected chi connectivity index (χ4v) is 9.41. The van der Waals surface area contributed by atoms with Gasteiger partial charge < -0.3 is 15.3 Å². The summed E-state index contributed by atoms with van der Waals surface area (Å²) in [6.45, 7) is 11.2. The minimum absolute atomic E-state index is 0.162. The van der Waals surface area contributed by atoms with Crippen LogP contribution in [0.1, 0.15) is 108 Å². The molecule has 0 radical (unpaired) electrons. The van der Waals surface area contributed by atoms with Crippen molar-refractivity contribution in [2.24, 2.45) is 23.2 Å². The Morgan fingerprint density at radius 1 is 1.15 bits per heavy atom. The van der Waals surface area contributed by atoms with E-state index in [1.54, 1.807) is 0 Å². The van der Waals surface area contributed by atoms with Crippen LogP contribution in [-0.4, -0.2) is 38.6 Å². The molecule has 0 amide bonds. The van der Waals surface area contributed by atoms with E-state index in [-0.39, 0.29) is 10.8 Å². The summed E-state index contributed by atoms with van der Waals surface area (Å²) in [5, 5.41) is 32.8. The summed E-state index contributed by atoms with van der Waals surface area (Å²) in [5.41, 5.74) is 3.39. The van der Waals surface area contributed by atoms with E-state index in [4.69, 9.17) is 4.98 Å². The van der Waals surface area contributed by atoms with Crippen molar-refractivity contribution in [1.82, 2.24) is 4.98 Å². The molecule has 0 bridgehead atoms. The molecule has 4 nitrogen and oxygen atoms in total. The maximum absolute atomic E-state index is 11.3. The van der Waals surface area contributed by atoms with Gasteiger partial charge in [0, 0.05) is 17.5 Å². The highest BCUT2D eigenvalue weighted by molar-refractivity contribution is 7.11. The molecule has 5 heteroatoms. The van der Waals surface area contributed by atoms with Gasteiger partial charge in [-0.3, -0.25) is 0 Å².